The van der Waals surface area contributed by atoms with Crippen molar-refractivity contribution in [3.05, 3.63) is 70.8 Å². The molecule has 2 aromatic rings. The summed E-state index contributed by atoms with van der Waals surface area (Å²) in [6.45, 7) is 6.37. The maximum absolute atomic E-state index is 12.5. The molecule has 1 N–H and O–H groups in total. The number of benzene rings is 2. The summed E-state index contributed by atoms with van der Waals surface area (Å²) < 4.78 is 5.15. The number of nitrogens with zero attached hydrogens (tertiary/aromatic N) is 2. The van der Waals surface area contributed by atoms with Crippen LogP contribution in [0.3, 0.4) is 0 Å². The Bertz CT molecular complexity index is 755. The minimum absolute atomic E-state index is 0.0534. The van der Waals surface area contributed by atoms with Crippen LogP contribution >= 0.6 is 0 Å². The van der Waals surface area contributed by atoms with E-state index in [-0.39, 0.29) is 5.91 Å². The highest BCUT2D eigenvalue weighted by molar-refractivity contribution is 5.94. The molecular weight excluding hydrogens is 338 g/mol. The predicted molar refractivity (Wildman–Crippen MR) is 108 cm³/mol. The summed E-state index contributed by atoms with van der Waals surface area (Å²) in [5.74, 6) is -0.0534. The zero-order chi connectivity index (χ0) is 19.1. The highest BCUT2D eigenvalue weighted by atomic mass is 16.5. The highest BCUT2D eigenvalue weighted by Crippen LogP contribution is 2.14. The lowest BCUT2D eigenvalue weighted by Gasteiger charge is -2.32. The topological polar surface area (TPSA) is 44.8 Å². The van der Waals surface area contributed by atoms with Crippen molar-refractivity contribution in [3.8, 4) is 0 Å². The van der Waals surface area contributed by atoms with Gasteiger partial charge in [0.2, 0.25) is 0 Å². The lowest BCUT2D eigenvalue weighted by Crippen LogP contribution is -2.44. The number of ether oxygens (including phenoxy) is 1. The van der Waals surface area contributed by atoms with Gasteiger partial charge >= 0.3 is 0 Å². The van der Waals surface area contributed by atoms with E-state index in [0.717, 1.165) is 38.3 Å². The van der Waals surface area contributed by atoms with Crippen molar-refractivity contribution in [3.63, 3.8) is 0 Å². The third-order valence-corrected chi connectivity index (χ3v) is 5.05. The Morgan fingerprint density at radius 2 is 1.78 bits per heavy atom. The predicted octanol–water partition coefficient (Wildman–Crippen LogP) is 2.51. The van der Waals surface area contributed by atoms with Gasteiger partial charge in [-0.3, -0.25) is 9.69 Å². The van der Waals surface area contributed by atoms with Crippen LogP contribution in [0, 0.1) is 0 Å². The second-order valence-corrected chi connectivity index (χ2v) is 7.16. The van der Waals surface area contributed by atoms with Crippen molar-refractivity contribution in [1.29, 1.82) is 0 Å². The first kappa shape index (κ1) is 19.5. The fraction of sp³-hybridized carbons (Fsp3) is 0.409. The molecule has 1 aliphatic heterocycles. The molecule has 3 rings (SSSR count). The van der Waals surface area contributed by atoms with Crippen molar-refractivity contribution in [2.45, 2.75) is 19.7 Å². The molecule has 5 heteroatoms. The number of nitrogens with one attached hydrogen (secondary N) is 1. The number of carbonyl (C=O) groups is 1. The maximum atomic E-state index is 12.5. The molecule has 1 heterocycles. The molecule has 27 heavy (non-hydrogen) atoms. The number of carbonyl (C=O) groups excluding carboxylic acids is 1. The minimum atomic E-state index is -0.0534. The molecule has 1 aliphatic rings. The van der Waals surface area contributed by atoms with Crippen LogP contribution in [0.15, 0.2) is 48.5 Å². The van der Waals surface area contributed by atoms with Gasteiger partial charge in [-0.2, -0.15) is 0 Å². The number of hydrogen-bond donors (Lipinski definition) is 1. The summed E-state index contributed by atoms with van der Waals surface area (Å²) in [4.78, 5) is 17.4. The van der Waals surface area contributed by atoms with E-state index in [2.05, 4.69) is 40.4 Å². The average Bonchev–Trinajstić information content (AvgIpc) is 2.69. The van der Waals surface area contributed by atoms with Gasteiger partial charge in [0, 0.05) is 51.9 Å². The van der Waals surface area contributed by atoms with Gasteiger partial charge in [-0.25, -0.2) is 0 Å². The molecule has 0 spiro atoms. The van der Waals surface area contributed by atoms with Crippen LogP contribution in [0.25, 0.3) is 0 Å². The Morgan fingerprint density at radius 1 is 1.04 bits per heavy atom. The second-order valence-electron chi connectivity index (χ2n) is 7.16. The summed E-state index contributed by atoms with van der Waals surface area (Å²) in [5.41, 5.74) is 4.13. The molecule has 0 unspecified atom stereocenters. The Labute approximate surface area is 161 Å². The summed E-state index contributed by atoms with van der Waals surface area (Å²) in [5, 5.41) is 3.06. The van der Waals surface area contributed by atoms with Crippen LogP contribution < -0.4 is 5.32 Å². The molecule has 5 nitrogen and oxygen atoms in total. The monoisotopic (exact) mass is 367 g/mol. The van der Waals surface area contributed by atoms with Crippen molar-refractivity contribution in [2.24, 2.45) is 0 Å². The maximum Gasteiger partial charge on any atom is 0.251 e. The van der Waals surface area contributed by atoms with Crippen molar-refractivity contribution in [1.82, 2.24) is 15.1 Å². The van der Waals surface area contributed by atoms with Crippen molar-refractivity contribution >= 4 is 5.91 Å². The Kier molecular flexibility index (Phi) is 6.98. The van der Waals surface area contributed by atoms with Crippen LogP contribution in [0.1, 0.15) is 27.0 Å². The van der Waals surface area contributed by atoms with Gasteiger partial charge in [-0.1, -0.05) is 36.4 Å². The molecule has 1 fully saturated rings. The standard InChI is InChI=1S/C22H29N3O2/c1-24-10-12-25(13-11-24)16-21-8-4-3-7-20(21)15-23-22(26)19-9-5-6-18(14-19)17-27-2/h3-9,14H,10-13,15-17H2,1-2H3,(H,23,26). The Morgan fingerprint density at radius 3 is 2.52 bits per heavy atom. The number of hydrogen-bond acceptors (Lipinski definition) is 4. The normalized spacial score (nSPS) is 15.6. The van der Waals surface area contributed by atoms with Gasteiger partial charge < -0.3 is 15.0 Å². The largest absolute Gasteiger partial charge is 0.380 e. The third kappa shape index (κ3) is 5.63. The average molecular weight is 367 g/mol. The number of methoxy groups -OCH3 is 1. The van der Waals surface area contributed by atoms with Gasteiger partial charge in [-0.15, -0.1) is 0 Å². The summed E-state index contributed by atoms with van der Waals surface area (Å²) in [6, 6.07) is 16.0. The van der Waals surface area contributed by atoms with Crippen LogP contribution in [0.2, 0.25) is 0 Å². The molecule has 1 saturated heterocycles. The van der Waals surface area contributed by atoms with E-state index in [1.807, 2.05) is 30.3 Å². The molecule has 0 aromatic heterocycles. The molecule has 144 valence electrons. The first-order chi connectivity index (χ1) is 13.2. The van der Waals surface area contributed by atoms with Crippen molar-refractivity contribution in [2.75, 3.05) is 40.3 Å². The SMILES string of the molecule is COCc1cccc(C(=O)NCc2ccccc2CN2CCN(C)CC2)c1. The first-order valence-corrected chi connectivity index (χ1v) is 9.49. The number of amides is 1. The van der Waals surface area contributed by atoms with Crippen LogP contribution in [-0.2, 0) is 24.4 Å². The quantitative estimate of drug-likeness (QED) is 0.817. The van der Waals surface area contributed by atoms with Gasteiger partial charge in [-0.05, 0) is 35.9 Å². The van der Waals surface area contributed by atoms with Gasteiger partial charge in [0.25, 0.3) is 5.91 Å². The third-order valence-electron chi connectivity index (χ3n) is 5.05. The zero-order valence-electron chi connectivity index (χ0n) is 16.3. The summed E-state index contributed by atoms with van der Waals surface area (Å²) >= 11 is 0. The first-order valence-electron chi connectivity index (χ1n) is 9.49. The Hall–Kier alpha value is -2.21. The van der Waals surface area contributed by atoms with Gasteiger partial charge in [0.15, 0.2) is 0 Å². The van der Waals surface area contributed by atoms with Gasteiger partial charge in [0.1, 0.15) is 0 Å². The lowest BCUT2D eigenvalue weighted by molar-refractivity contribution is 0.0950. The number of piperazine rings is 1. The molecule has 0 bridgehead atoms. The number of rotatable bonds is 7. The summed E-state index contributed by atoms with van der Waals surface area (Å²) in [7, 11) is 3.83. The molecular formula is C22H29N3O2. The zero-order valence-corrected chi connectivity index (χ0v) is 16.3. The highest BCUT2D eigenvalue weighted by Gasteiger charge is 2.15. The fourth-order valence-electron chi connectivity index (χ4n) is 3.38. The second kappa shape index (κ2) is 9.65. The number of likely N-dealkylation sites (N-methyl/N-ethyl adjacent to an activating group) is 1. The van der Waals surface area contributed by atoms with Crippen LogP contribution in [-0.4, -0.2) is 56.0 Å². The molecule has 0 atom stereocenters. The van der Waals surface area contributed by atoms with Gasteiger partial charge in [0.05, 0.1) is 6.61 Å². The van der Waals surface area contributed by atoms with Crippen LogP contribution in [0.4, 0.5) is 0 Å². The van der Waals surface area contributed by atoms with E-state index in [1.54, 1.807) is 7.11 Å². The summed E-state index contributed by atoms with van der Waals surface area (Å²) in [6.07, 6.45) is 0. The van der Waals surface area contributed by atoms with E-state index in [0.29, 0.717) is 18.7 Å². The van der Waals surface area contributed by atoms with E-state index in [4.69, 9.17) is 4.74 Å². The minimum Gasteiger partial charge on any atom is -0.380 e. The molecule has 0 aliphatic carbocycles. The smallest absolute Gasteiger partial charge is 0.251 e. The van der Waals surface area contributed by atoms with Crippen LogP contribution in [0.5, 0.6) is 0 Å². The lowest BCUT2D eigenvalue weighted by atomic mass is 10.1. The fourth-order valence-corrected chi connectivity index (χ4v) is 3.38. The molecule has 1 amide bonds. The van der Waals surface area contributed by atoms with E-state index in [1.165, 1.54) is 11.1 Å². The molecule has 0 saturated carbocycles. The molecule has 0 radical (unpaired) electrons. The van der Waals surface area contributed by atoms with E-state index < -0.39 is 0 Å². The van der Waals surface area contributed by atoms with Crippen molar-refractivity contribution < 1.29 is 9.53 Å². The van der Waals surface area contributed by atoms with E-state index >= 15 is 0 Å². The molecule has 2 aromatic carbocycles. The Balaban J connectivity index is 1.61. The van der Waals surface area contributed by atoms with E-state index in [9.17, 15) is 4.79 Å².